The summed E-state index contributed by atoms with van der Waals surface area (Å²) >= 11 is 3.37. The van der Waals surface area contributed by atoms with Crippen LogP contribution in [0.2, 0.25) is 18.1 Å². The van der Waals surface area contributed by atoms with Gasteiger partial charge in [-0.3, -0.25) is 10.1 Å². The third kappa shape index (κ3) is 6.37. The predicted octanol–water partition coefficient (Wildman–Crippen LogP) is 5.59. The summed E-state index contributed by atoms with van der Waals surface area (Å²) in [7, 11) is -5.01. The minimum Gasteiger partial charge on any atom is -0.292 e. The van der Waals surface area contributed by atoms with Gasteiger partial charge in [0.25, 0.3) is 5.91 Å². The number of nitrogens with zero attached hydrogens (tertiary/aromatic N) is 4. The molecule has 0 radical (unpaired) electrons. The molecule has 1 aliphatic rings. The molecular weight excluding hydrogens is 618 g/mol. The quantitative estimate of drug-likeness (QED) is 0.241. The average Bonchev–Trinajstić information content (AvgIpc) is 2.89. The number of aromatic nitrogens is 1. The highest BCUT2D eigenvalue weighted by Crippen LogP contribution is 2.36. The van der Waals surface area contributed by atoms with Gasteiger partial charge >= 0.3 is 6.18 Å². The van der Waals surface area contributed by atoms with Crippen LogP contribution in [0, 0.1) is 5.82 Å². The highest BCUT2D eigenvalue weighted by atomic mass is 79.9. The second-order valence-electron chi connectivity index (χ2n) is 9.61. The highest BCUT2D eigenvalue weighted by molar-refractivity contribution is 9.10. The van der Waals surface area contributed by atoms with Crippen molar-refractivity contribution >= 4 is 51.0 Å². The topological polar surface area (TPSA) is 87.0 Å². The largest absolute Gasteiger partial charge is 0.407 e. The number of alkyl halides is 3. The Balaban J connectivity index is 2.29. The van der Waals surface area contributed by atoms with Crippen molar-refractivity contribution in [1.29, 1.82) is 0 Å². The number of pyridine rings is 1. The third-order valence-corrected chi connectivity index (χ3v) is 15.8. The van der Waals surface area contributed by atoms with Gasteiger partial charge in [0.15, 0.2) is 0 Å². The van der Waals surface area contributed by atoms with Crippen LogP contribution in [-0.4, -0.2) is 59.0 Å². The number of nitrogens with one attached hydrogen (secondary N) is 1. The fraction of sp³-hybridized carbons (Fsp3) is 0.480. The molecule has 1 amide bonds. The zero-order valence-electron chi connectivity index (χ0n) is 22.4. The predicted molar refractivity (Wildman–Crippen MR) is 152 cm³/mol. The SMILES string of the molecule is CC[Si](CC)(CC)c1cc(Br)nc(C2(C)C[S@](=O)(=NC)N(CC(F)(F)F)C(NC(=O)c3ccccc3)=N2)c1F. The fourth-order valence-electron chi connectivity index (χ4n) is 4.94. The van der Waals surface area contributed by atoms with E-state index in [4.69, 9.17) is 0 Å². The van der Waals surface area contributed by atoms with Crippen molar-refractivity contribution < 1.29 is 26.6 Å². The lowest BCUT2D eigenvalue weighted by molar-refractivity contribution is -0.131. The van der Waals surface area contributed by atoms with Crippen molar-refractivity contribution in [1.82, 2.24) is 14.6 Å². The molecule has 0 saturated carbocycles. The summed E-state index contributed by atoms with van der Waals surface area (Å²) in [5, 5.41) is 2.90. The average molecular weight is 651 g/mol. The Morgan fingerprint density at radius 2 is 1.79 bits per heavy atom. The van der Waals surface area contributed by atoms with Crippen LogP contribution in [0.15, 0.2) is 50.4 Å². The van der Waals surface area contributed by atoms with E-state index in [0.717, 1.165) is 25.2 Å². The molecule has 0 spiro atoms. The Labute approximate surface area is 236 Å². The Bertz CT molecular complexity index is 1370. The zero-order chi connectivity index (χ0) is 29.2. The van der Waals surface area contributed by atoms with Crippen molar-refractivity contribution in [2.24, 2.45) is 9.36 Å². The van der Waals surface area contributed by atoms with E-state index in [1.165, 1.54) is 19.1 Å². The second-order valence-corrected chi connectivity index (χ2v) is 18.0. The van der Waals surface area contributed by atoms with E-state index in [9.17, 15) is 22.2 Å². The molecule has 0 fully saturated rings. The number of hydrogen-bond acceptors (Lipinski definition) is 5. The first-order chi connectivity index (χ1) is 18.2. The number of guanidine groups is 1. The van der Waals surface area contributed by atoms with Crippen LogP contribution in [-0.2, 0) is 15.5 Å². The molecule has 14 heteroatoms. The van der Waals surface area contributed by atoms with Gasteiger partial charge in [-0.25, -0.2) is 27.2 Å². The standard InChI is InChI=1S/C25H32BrF4N5O2SSi/c1-6-39(7-2,8-3)18-14-19(26)32-21(20(18)27)24(4)16-38(37,31-5)35(15-25(28,29)30)23(34-24)33-22(36)17-12-10-9-11-13-17/h9-14H,6-8,15-16H2,1-5H3,(H,33,34,36)/t24?,38-/m0/s1. The molecular formula is C25H32BrF4N5O2SSi. The normalized spacial score (nSPS) is 21.9. The summed E-state index contributed by atoms with van der Waals surface area (Å²) in [6, 6.07) is 11.8. The van der Waals surface area contributed by atoms with E-state index >= 15 is 4.39 Å². The molecule has 39 heavy (non-hydrogen) atoms. The summed E-state index contributed by atoms with van der Waals surface area (Å²) in [6.07, 6.45) is -4.79. The van der Waals surface area contributed by atoms with Crippen molar-refractivity contribution in [2.75, 3.05) is 19.3 Å². The first-order valence-corrected chi connectivity index (χ1v) is 17.5. The minimum absolute atomic E-state index is 0.151. The summed E-state index contributed by atoms with van der Waals surface area (Å²) in [5.41, 5.74) is -1.71. The Morgan fingerprint density at radius 1 is 1.21 bits per heavy atom. The summed E-state index contributed by atoms with van der Waals surface area (Å²) in [5.74, 6) is -2.55. The van der Waals surface area contributed by atoms with E-state index in [2.05, 4.69) is 35.6 Å². The maximum absolute atomic E-state index is 16.4. The third-order valence-electron chi connectivity index (χ3n) is 7.31. The van der Waals surface area contributed by atoms with Crippen LogP contribution >= 0.6 is 15.9 Å². The van der Waals surface area contributed by atoms with Gasteiger partial charge in [0, 0.05) is 12.6 Å². The van der Waals surface area contributed by atoms with E-state index in [-0.39, 0.29) is 11.3 Å². The number of carbonyl (C=O) groups is 1. The molecule has 2 atom stereocenters. The Morgan fingerprint density at radius 3 is 2.31 bits per heavy atom. The van der Waals surface area contributed by atoms with Crippen molar-refractivity contribution in [2.45, 2.75) is 57.5 Å². The number of aliphatic imine (C=N–C) groups is 1. The van der Waals surface area contributed by atoms with Gasteiger partial charge in [0.05, 0.1) is 13.8 Å². The minimum atomic E-state index is -4.79. The zero-order valence-corrected chi connectivity index (χ0v) is 25.8. The lowest BCUT2D eigenvalue weighted by Gasteiger charge is -2.40. The van der Waals surface area contributed by atoms with Gasteiger partial charge in [-0.15, -0.1) is 0 Å². The fourth-order valence-corrected chi connectivity index (χ4v) is 11.3. The molecule has 0 bridgehead atoms. The van der Waals surface area contributed by atoms with Crippen molar-refractivity contribution in [3.8, 4) is 0 Å². The lowest BCUT2D eigenvalue weighted by atomic mass is 10.00. The van der Waals surface area contributed by atoms with Gasteiger partial charge in [0.1, 0.15) is 38.1 Å². The summed E-state index contributed by atoms with van der Waals surface area (Å²) in [6.45, 7) is 5.82. The Kier molecular flexibility index (Phi) is 9.32. The molecule has 2 heterocycles. The molecule has 1 aromatic heterocycles. The molecule has 1 aliphatic heterocycles. The van der Waals surface area contributed by atoms with Crippen LogP contribution in [0.5, 0.6) is 0 Å². The van der Waals surface area contributed by atoms with Gasteiger partial charge in [-0.1, -0.05) is 57.1 Å². The monoisotopic (exact) mass is 649 g/mol. The van der Waals surface area contributed by atoms with Crippen LogP contribution in [0.3, 0.4) is 0 Å². The van der Waals surface area contributed by atoms with Crippen molar-refractivity contribution in [3.63, 3.8) is 0 Å². The molecule has 214 valence electrons. The molecule has 0 aliphatic carbocycles. The number of halogens is 5. The van der Waals surface area contributed by atoms with Crippen LogP contribution in [0.4, 0.5) is 17.6 Å². The van der Waals surface area contributed by atoms with E-state index in [1.54, 1.807) is 24.3 Å². The van der Waals surface area contributed by atoms with Gasteiger partial charge in [0.2, 0.25) is 5.96 Å². The summed E-state index contributed by atoms with van der Waals surface area (Å²) < 4.78 is 76.0. The van der Waals surface area contributed by atoms with E-state index in [0.29, 0.717) is 14.1 Å². The maximum atomic E-state index is 16.4. The molecule has 1 aromatic carbocycles. The molecule has 7 nitrogen and oxygen atoms in total. The lowest BCUT2D eigenvalue weighted by Crippen LogP contribution is -2.57. The van der Waals surface area contributed by atoms with Gasteiger partial charge < -0.3 is 0 Å². The first-order valence-electron chi connectivity index (χ1n) is 12.5. The number of carbonyl (C=O) groups excluding carboxylic acids is 1. The van der Waals surface area contributed by atoms with Crippen molar-refractivity contribution in [3.05, 3.63) is 58.1 Å². The number of rotatable bonds is 7. The maximum Gasteiger partial charge on any atom is 0.407 e. The number of hydrogen-bond donors (Lipinski definition) is 1. The van der Waals surface area contributed by atoms with Crippen LogP contribution in [0.25, 0.3) is 0 Å². The molecule has 1 N–H and O–H groups in total. The Hall–Kier alpha value is -2.32. The van der Waals surface area contributed by atoms with Gasteiger partial charge in [-0.05, 0) is 46.2 Å². The van der Waals surface area contributed by atoms with E-state index < -0.39 is 59.7 Å². The second kappa shape index (κ2) is 11.7. The van der Waals surface area contributed by atoms with E-state index in [1.807, 2.05) is 20.8 Å². The first kappa shape index (κ1) is 31.2. The molecule has 1 unspecified atom stereocenters. The molecule has 0 saturated heterocycles. The molecule has 2 aromatic rings. The number of benzene rings is 1. The summed E-state index contributed by atoms with van der Waals surface area (Å²) in [4.78, 5) is 21.8. The highest BCUT2D eigenvalue weighted by Gasteiger charge is 2.48. The van der Waals surface area contributed by atoms with Gasteiger partial charge in [-0.2, -0.15) is 13.2 Å². The van der Waals surface area contributed by atoms with Crippen LogP contribution < -0.4 is 10.5 Å². The number of amides is 1. The molecule has 3 rings (SSSR count). The smallest absolute Gasteiger partial charge is 0.292 e. The van der Waals surface area contributed by atoms with Crippen LogP contribution in [0.1, 0.15) is 43.7 Å².